The number of hydrogen-bond acceptors (Lipinski definition) is 5. The third-order valence-corrected chi connectivity index (χ3v) is 4.77. The van der Waals surface area contributed by atoms with Crippen LogP contribution in [-0.2, 0) is 7.05 Å². The Morgan fingerprint density at radius 3 is 2.61 bits per heavy atom. The minimum atomic E-state index is -0.155. The molecule has 0 spiro atoms. The Morgan fingerprint density at radius 1 is 1.18 bits per heavy atom. The number of fused-ring (bicyclic) bond motifs is 1. The Hall–Kier alpha value is -3.55. The first-order chi connectivity index (χ1) is 13.4. The zero-order valence-electron chi connectivity index (χ0n) is 16.2. The number of pyridine rings is 1. The molecule has 8 nitrogen and oxygen atoms in total. The largest absolute Gasteiger partial charge is 0.345 e. The number of aromatic nitrogens is 6. The van der Waals surface area contributed by atoms with Gasteiger partial charge in [0.2, 0.25) is 0 Å². The van der Waals surface area contributed by atoms with Crippen molar-refractivity contribution < 1.29 is 4.79 Å². The summed E-state index contributed by atoms with van der Waals surface area (Å²) in [6.07, 6.45) is 3.14. The van der Waals surface area contributed by atoms with Gasteiger partial charge >= 0.3 is 0 Å². The van der Waals surface area contributed by atoms with Crippen molar-refractivity contribution >= 4 is 16.9 Å². The average Bonchev–Trinajstić information content (AvgIpc) is 3.30. The van der Waals surface area contributed by atoms with E-state index in [1.54, 1.807) is 15.7 Å². The van der Waals surface area contributed by atoms with E-state index in [4.69, 9.17) is 0 Å². The molecule has 1 atom stereocenters. The summed E-state index contributed by atoms with van der Waals surface area (Å²) in [5.41, 5.74) is 4.80. The van der Waals surface area contributed by atoms with E-state index < -0.39 is 0 Å². The average molecular weight is 375 g/mol. The van der Waals surface area contributed by atoms with Gasteiger partial charge in [0.05, 0.1) is 28.4 Å². The standard InChI is InChI=1S/C20H21N7O/c1-12-9-17(18-14(3)25-26(4)19(18)23-12)20(28)24-13(2)15-5-7-16(8-6-15)27-11-21-10-22-27/h5-11,13H,1-4H3,(H,24,28). The summed E-state index contributed by atoms with van der Waals surface area (Å²) in [5.74, 6) is -0.139. The van der Waals surface area contributed by atoms with Gasteiger partial charge in [-0.2, -0.15) is 10.2 Å². The predicted octanol–water partition coefficient (Wildman–Crippen LogP) is 2.66. The van der Waals surface area contributed by atoms with Gasteiger partial charge in [0.25, 0.3) is 5.91 Å². The zero-order chi connectivity index (χ0) is 19.8. The number of nitrogens with zero attached hydrogens (tertiary/aromatic N) is 6. The highest BCUT2D eigenvalue weighted by atomic mass is 16.1. The van der Waals surface area contributed by atoms with Gasteiger partial charge in [-0.05, 0) is 44.5 Å². The van der Waals surface area contributed by atoms with Crippen LogP contribution >= 0.6 is 0 Å². The van der Waals surface area contributed by atoms with Crippen molar-refractivity contribution in [3.63, 3.8) is 0 Å². The second kappa shape index (κ2) is 6.88. The van der Waals surface area contributed by atoms with Crippen LogP contribution in [0.5, 0.6) is 0 Å². The highest BCUT2D eigenvalue weighted by molar-refractivity contribution is 6.06. The summed E-state index contributed by atoms with van der Waals surface area (Å²) in [6, 6.07) is 9.51. The highest BCUT2D eigenvalue weighted by Gasteiger charge is 2.19. The molecule has 1 aromatic carbocycles. The van der Waals surface area contributed by atoms with Crippen LogP contribution in [0.4, 0.5) is 0 Å². The van der Waals surface area contributed by atoms with Crippen molar-refractivity contribution in [1.29, 1.82) is 0 Å². The fourth-order valence-electron chi connectivity index (χ4n) is 3.36. The molecule has 0 aliphatic heterocycles. The Bertz CT molecular complexity index is 1140. The maximum Gasteiger partial charge on any atom is 0.252 e. The van der Waals surface area contributed by atoms with E-state index in [1.807, 2.05) is 58.2 Å². The summed E-state index contributed by atoms with van der Waals surface area (Å²) in [4.78, 5) is 21.5. The van der Waals surface area contributed by atoms with E-state index in [0.29, 0.717) is 11.2 Å². The van der Waals surface area contributed by atoms with E-state index in [2.05, 4.69) is 25.5 Å². The molecule has 1 amide bonds. The van der Waals surface area contributed by atoms with Crippen LogP contribution in [0.2, 0.25) is 0 Å². The van der Waals surface area contributed by atoms with Crippen LogP contribution in [0.15, 0.2) is 43.0 Å². The molecule has 0 radical (unpaired) electrons. The first-order valence-corrected chi connectivity index (χ1v) is 9.01. The van der Waals surface area contributed by atoms with Crippen molar-refractivity contribution in [2.75, 3.05) is 0 Å². The van der Waals surface area contributed by atoms with Crippen molar-refractivity contribution in [3.8, 4) is 5.69 Å². The summed E-state index contributed by atoms with van der Waals surface area (Å²) in [7, 11) is 1.84. The Morgan fingerprint density at radius 2 is 1.93 bits per heavy atom. The van der Waals surface area contributed by atoms with E-state index in [-0.39, 0.29) is 11.9 Å². The lowest BCUT2D eigenvalue weighted by molar-refractivity contribution is 0.0941. The van der Waals surface area contributed by atoms with E-state index in [0.717, 1.165) is 28.0 Å². The molecule has 0 bridgehead atoms. The molecular weight excluding hydrogens is 354 g/mol. The van der Waals surface area contributed by atoms with Gasteiger partial charge in [-0.1, -0.05) is 12.1 Å². The van der Waals surface area contributed by atoms with E-state index in [9.17, 15) is 4.79 Å². The number of hydrogen-bond donors (Lipinski definition) is 1. The number of amides is 1. The molecule has 142 valence electrons. The van der Waals surface area contributed by atoms with Crippen LogP contribution < -0.4 is 5.32 Å². The number of rotatable bonds is 4. The molecule has 4 aromatic rings. The lowest BCUT2D eigenvalue weighted by Gasteiger charge is -2.16. The zero-order valence-corrected chi connectivity index (χ0v) is 16.2. The molecule has 4 rings (SSSR count). The quantitative estimate of drug-likeness (QED) is 0.592. The van der Waals surface area contributed by atoms with Gasteiger partial charge in [0.1, 0.15) is 12.7 Å². The number of nitrogens with one attached hydrogen (secondary N) is 1. The highest BCUT2D eigenvalue weighted by Crippen LogP contribution is 2.23. The van der Waals surface area contributed by atoms with Crippen LogP contribution in [0.25, 0.3) is 16.7 Å². The second-order valence-electron chi connectivity index (χ2n) is 6.85. The van der Waals surface area contributed by atoms with Crippen LogP contribution in [-0.4, -0.2) is 35.4 Å². The van der Waals surface area contributed by atoms with Crippen molar-refractivity contribution in [3.05, 3.63) is 65.5 Å². The van der Waals surface area contributed by atoms with Crippen LogP contribution in [0, 0.1) is 13.8 Å². The summed E-state index contributed by atoms with van der Waals surface area (Å²) in [6.45, 7) is 5.73. The van der Waals surface area contributed by atoms with Crippen LogP contribution in [0.3, 0.4) is 0 Å². The lowest BCUT2D eigenvalue weighted by atomic mass is 10.1. The van der Waals surface area contributed by atoms with Crippen molar-refractivity contribution in [2.24, 2.45) is 7.05 Å². The number of carbonyl (C=O) groups is 1. The molecule has 0 aliphatic rings. The SMILES string of the molecule is Cc1cc(C(=O)NC(C)c2ccc(-n3cncn3)cc2)c2c(C)nn(C)c2n1. The molecule has 3 heterocycles. The minimum Gasteiger partial charge on any atom is -0.345 e. The maximum atomic E-state index is 13.0. The molecule has 3 aromatic heterocycles. The molecular formula is C20H21N7O. The van der Waals surface area contributed by atoms with Crippen LogP contribution in [0.1, 0.15) is 40.3 Å². The molecule has 0 aliphatic carbocycles. The van der Waals surface area contributed by atoms with Gasteiger partial charge in [0, 0.05) is 12.7 Å². The molecule has 8 heteroatoms. The normalized spacial score (nSPS) is 12.3. The molecule has 1 unspecified atom stereocenters. The van der Waals surface area contributed by atoms with Gasteiger partial charge in [-0.15, -0.1) is 0 Å². The second-order valence-corrected chi connectivity index (χ2v) is 6.85. The van der Waals surface area contributed by atoms with Gasteiger partial charge in [-0.25, -0.2) is 14.6 Å². The fraction of sp³-hybridized carbons (Fsp3) is 0.250. The van der Waals surface area contributed by atoms with E-state index >= 15 is 0 Å². The minimum absolute atomic E-state index is 0.139. The molecule has 0 saturated heterocycles. The molecule has 0 saturated carbocycles. The lowest BCUT2D eigenvalue weighted by Crippen LogP contribution is -2.27. The number of carbonyl (C=O) groups excluding carboxylic acids is 1. The summed E-state index contributed by atoms with van der Waals surface area (Å²) in [5, 5.41) is 12.4. The van der Waals surface area contributed by atoms with Gasteiger partial charge in [-0.3, -0.25) is 9.48 Å². The number of aryl methyl sites for hydroxylation is 3. The fourth-order valence-corrected chi connectivity index (χ4v) is 3.36. The topological polar surface area (TPSA) is 90.5 Å². The monoisotopic (exact) mass is 375 g/mol. The van der Waals surface area contributed by atoms with Crippen molar-refractivity contribution in [2.45, 2.75) is 26.8 Å². The first-order valence-electron chi connectivity index (χ1n) is 9.01. The van der Waals surface area contributed by atoms with Crippen molar-refractivity contribution in [1.82, 2.24) is 34.8 Å². The Balaban J connectivity index is 1.59. The third kappa shape index (κ3) is 3.13. The Labute approximate surface area is 162 Å². The summed E-state index contributed by atoms with van der Waals surface area (Å²) < 4.78 is 3.40. The first kappa shape index (κ1) is 17.8. The Kier molecular flexibility index (Phi) is 4.38. The smallest absolute Gasteiger partial charge is 0.252 e. The van der Waals surface area contributed by atoms with E-state index in [1.165, 1.54) is 6.33 Å². The molecule has 1 N–H and O–H groups in total. The summed E-state index contributed by atoms with van der Waals surface area (Å²) >= 11 is 0. The number of benzene rings is 1. The maximum absolute atomic E-state index is 13.0. The third-order valence-electron chi connectivity index (χ3n) is 4.77. The molecule has 0 fully saturated rings. The predicted molar refractivity (Wildman–Crippen MR) is 105 cm³/mol. The molecule has 28 heavy (non-hydrogen) atoms. The van der Waals surface area contributed by atoms with Gasteiger partial charge in [0.15, 0.2) is 5.65 Å². The van der Waals surface area contributed by atoms with Gasteiger partial charge < -0.3 is 5.32 Å².